The number of aryl methyl sites for hydroxylation is 1. The quantitative estimate of drug-likeness (QED) is 0.0989. The highest BCUT2D eigenvalue weighted by molar-refractivity contribution is 7.93. The highest BCUT2D eigenvalue weighted by Crippen LogP contribution is 2.41. The van der Waals surface area contributed by atoms with E-state index in [1.54, 1.807) is 0 Å². The summed E-state index contributed by atoms with van der Waals surface area (Å²) in [6.45, 7) is 13.4. The lowest BCUT2D eigenvalue weighted by atomic mass is 9.69. The molecule has 1 aromatic rings. The molecule has 294 valence electrons. The first-order valence-corrected chi connectivity index (χ1v) is 20.9. The van der Waals surface area contributed by atoms with Crippen molar-refractivity contribution in [2.24, 2.45) is 23.2 Å². The monoisotopic (exact) mass is 748 g/mol. The van der Waals surface area contributed by atoms with Gasteiger partial charge < -0.3 is 21.1 Å². The molecule has 0 saturated heterocycles. The van der Waals surface area contributed by atoms with Gasteiger partial charge in [0.1, 0.15) is 12.1 Å². The zero-order chi connectivity index (χ0) is 39.2. The summed E-state index contributed by atoms with van der Waals surface area (Å²) in [7, 11) is -3.42. The van der Waals surface area contributed by atoms with Gasteiger partial charge in [-0.25, -0.2) is 8.42 Å². The average molecular weight is 749 g/mol. The highest BCUT2D eigenvalue weighted by atomic mass is 32.2. The predicted octanol–water partition coefficient (Wildman–Crippen LogP) is 6.81. The molecule has 1 saturated carbocycles. The molecule has 0 bridgehead atoms. The molecule has 3 atom stereocenters. The van der Waals surface area contributed by atoms with E-state index in [-0.39, 0.29) is 48.1 Å². The van der Waals surface area contributed by atoms with Gasteiger partial charge in [-0.1, -0.05) is 98.6 Å². The number of hydrogen-bond acceptors (Lipinski definition) is 8. The first kappa shape index (κ1) is 44.7. The standard InChI is InChI=1S/C39H64N4O8S/c1-26(2)20-31(40-35(44)25-30-23-29(7)36(45)33(24-30)43(48)49)37(46)41-32(21-27(3)4)38(47)42-34(22-28(5)6)39(18-19-52(8,50)51)16-14-12-10-9-11-13-15-17-39/h18-19,23-24,26-28,31-32,34,45H,9-17,20-22,25H2,1-8H3,(H,40,44)(H,41,46)(H,42,47)/b19-18+/t31-,32-,34-/m0/s1. The Hall–Kier alpha value is -3.48. The third kappa shape index (κ3) is 15.2. The Morgan fingerprint density at radius 1 is 0.827 bits per heavy atom. The number of benzene rings is 1. The molecule has 0 heterocycles. The van der Waals surface area contributed by atoms with Crippen LogP contribution in [0.4, 0.5) is 5.69 Å². The van der Waals surface area contributed by atoms with Crippen LogP contribution in [-0.2, 0) is 30.6 Å². The van der Waals surface area contributed by atoms with E-state index in [2.05, 4.69) is 29.8 Å². The third-order valence-corrected chi connectivity index (χ3v) is 10.4. The third-order valence-electron chi connectivity index (χ3n) is 9.75. The largest absolute Gasteiger partial charge is 0.502 e. The van der Waals surface area contributed by atoms with E-state index in [0.717, 1.165) is 57.4 Å². The summed E-state index contributed by atoms with van der Waals surface area (Å²) in [4.78, 5) is 52.1. The Bertz CT molecular complexity index is 1500. The van der Waals surface area contributed by atoms with Gasteiger partial charge in [-0.15, -0.1) is 0 Å². The van der Waals surface area contributed by atoms with E-state index < -0.39 is 55.5 Å². The van der Waals surface area contributed by atoms with Crippen molar-refractivity contribution in [3.8, 4) is 5.75 Å². The Balaban J connectivity index is 2.41. The molecule has 1 aliphatic carbocycles. The smallest absolute Gasteiger partial charge is 0.311 e. The zero-order valence-electron chi connectivity index (χ0n) is 32.6. The number of nitro groups is 1. The normalized spacial score (nSPS) is 17.4. The predicted molar refractivity (Wildman–Crippen MR) is 205 cm³/mol. The summed E-state index contributed by atoms with van der Waals surface area (Å²) in [5.41, 5.74) is -0.513. The van der Waals surface area contributed by atoms with Gasteiger partial charge >= 0.3 is 5.69 Å². The number of nitro benzene ring substituents is 1. The van der Waals surface area contributed by atoms with Crippen molar-refractivity contribution in [2.45, 2.75) is 150 Å². The van der Waals surface area contributed by atoms with E-state index in [9.17, 15) is 38.0 Å². The summed E-state index contributed by atoms with van der Waals surface area (Å²) in [5.74, 6) is -1.60. The number of nitrogens with zero attached hydrogens (tertiary/aromatic N) is 1. The first-order valence-electron chi connectivity index (χ1n) is 19.0. The maximum atomic E-state index is 14.3. The summed E-state index contributed by atoms with van der Waals surface area (Å²) in [5, 5.41) is 31.8. The summed E-state index contributed by atoms with van der Waals surface area (Å²) < 4.78 is 24.8. The van der Waals surface area contributed by atoms with Crippen molar-refractivity contribution >= 4 is 33.2 Å². The zero-order valence-corrected chi connectivity index (χ0v) is 33.4. The molecular formula is C39H64N4O8S. The van der Waals surface area contributed by atoms with Gasteiger partial charge in [0.15, 0.2) is 15.6 Å². The van der Waals surface area contributed by atoms with Crippen molar-refractivity contribution in [1.82, 2.24) is 16.0 Å². The second-order valence-corrected chi connectivity index (χ2v) is 18.1. The van der Waals surface area contributed by atoms with Gasteiger partial charge in [0.25, 0.3) is 0 Å². The van der Waals surface area contributed by atoms with Gasteiger partial charge in [-0.05, 0) is 67.9 Å². The summed E-state index contributed by atoms with van der Waals surface area (Å²) in [6, 6.07) is 0.386. The number of hydrogen-bond donors (Lipinski definition) is 4. The number of phenolic OH excluding ortho intramolecular Hbond substituents is 1. The second kappa shape index (κ2) is 20.7. The van der Waals surface area contributed by atoms with Crippen LogP contribution >= 0.6 is 0 Å². The molecule has 4 N–H and O–H groups in total. The van der Waals surface area contributed by atoms with Crippen LogP contribution in [0.25, 0.3) is 0 Å². The van der Waals surface area contributed by atoms with Crippen LogP contribution in [0, 0.1) is 40.2 Å². The molecule has 0 unspecified atom stereocenters. The lowest BCUT2D eigenvalue weighted by Crippen LogP contribution is -2.57. The number of amides is 3. The number of aromatic hydroxyl groups is 1. The van der Waals surface area contributed by atoms with Crippen LogP contribution in [-0.4, -0.2) is 60.6 Å². The van der Waals surface area contributed by atoms with Crippen molar-refractivity contribution in [3.05, 3.63) is 44.9 Å². The Morgan fingerprint density at radius 2 is 1.31 bits per heavy atom. The van der Waals surface area contributed by atoms with Crippen LogP contribution in [0.3, 0.4) is 0 Å². The van der Waals surface area contributed by atoms with Gasteiger partial charge in [0.2, 0.25) is 17.7 Å². The van der Waals surface area contributed by atoms with Crippen LogP contribution in [0.5, 0.6) is 5.75 Å². The molecule has 0 aliphatic heterocycles. The Kier molecular flexibility index (Phi) is 17.8. The lowest BCUT2D eigenvalue weighted by molar-refractivity contribution is -0.386. The van der Waals surface area contributed by atoms with E-state index in [1.165, 1.54) is 31.1 Å². The van der Waals surface area contributed by atoms with Gasteiger partial charge in [-0.3, -0.25) is 24.5 Å². The molecule has 3 amide bonds. The molecular weight excluding hydrogens is 685 g/mol. The molecule has 52 heavy (non-hydrogen) atoms. The van der Waals surface area contributed by atoms with E-state index in [4.69, 9.17) is 0 Å². The fraction of sp³-hybridized carbons (Fsp3) is 0.718. The van der Waals surface area contributed by atoms with Crippen LogP contribution in [0.15, 0.2) is 23.6 Å². The number of carbonyl (C=O) groups is 3. The summed E-state index contributed by atoms with van der Waals surface area (Å²) in [6.07, 6.45) is 12.8. The van der Waals surface area contributed by atoms with Gasteiger partial charge in [0, 0.05) is 29.2 Å². The molecule has 12 nitrogen and oxygen atoms in total. The molecule has 13 heteroatoms. The van der Waals surface area contributed by atoms with E-state index in [0.29, 0.717) is 18.4 Å². The minimum absolute atomic E-state index is 0.00920. The average Bonchev–Trinajstić information content (AvgIpc) is 3.02. The minimum Gasteiger partial charge on any atom is -0.502 e. The van der Waals surface area contributed by atoms with Crippen LogP contribution < -0.4 is 16.0 Å². The van der Waals surface area contributed by atoms with Gasteiger partial charge in [-0.2, -0.15) is 0 Å². The number of sulfone groups is 1. The van der Waals surface area contributed by atoms with Crippen molar-refractivity contribution < 1.29 is 32.8 Å². The van der Waals surface area contributed by atoms with Crippen LogP contribution in [0.2, 0.25) is 0 Å². The number of rotatable bonds is 17. The summed E-state index contributed by atoms with van der Waals surface area (Å²) >= 11 is 0. The molecule has 1 aromatic carbocycles. The van der Waals surface area contributed by atoms with E-state index in [1.807, 2.05) is 33.8 Å². The van der Waals surface area contributed by atoms with Crippen molar-refractivity contribution in [1.29, 1.82) is 0 Å². The lowest BCUT2D eigenvalue weighted by Gasteiger charge is -2.41. The fourth-order valence-corrected chi connectivity index (χ4v) is 7.69. The number of carbonyl (C=O) groups excluding carboxylic acids is 3. The number of nitrogens with one attached hydrogen (secondary N) is 3. The molecule has 1 fully saturated rings. The first-order chi connectivity index (χ1) is 24.2. The fourth-order valence-electron chi connectivity index (χ4n) is 7.17. The maximum Gasteiger partial charge on any atom is 0.311 e. The van der Waals surface area contributed by atoms with Crippen LogP contribution in [0.1, 0.15) is 130 Å². The Morgan fingerprint density at radius 3 is 1.79 bits per heavy atom. The second-order valence-electron chi connectivity index (χ2n) is 16.2. The maximum absolute atomic E-state index is 14.3. The molecule has 0 radical (unpaired) electrons. The molecule has 0 spiro atoms. The van der Waals surface area contributed by atoms with Gasteiger partial charge in [0.05, 0.1) is 11.3 Å². The topological polar surface area (TPSA) is 185 Å². The van der Waals surface area contributed by atoms with Crippen molar-refractivity contribution in [2.75, 3.05) is 6.26 Å². The number of phenols is 1. The molecule has 0 aromatic heterocycles. The Labute approximate surface area is 311 Å². The molecule has 1 aliphatic rings. The highest BCUT2D eigenvalue weighted by Gasteiger charge is 2.39. The molecule has 2 rings (SSSR count). The van der Waals surface area contributed by atoms with E-state index >= 15 is 0 Å². The SMILES string of the molecule is Cc1cc(CC(=O)N[C@@H](CC(C)C)C(=O)N[C@@H](CC(C)C)C(=O)N[C@@H](CC(C)C)C2(/C=C/S(C)(=O)=O)CCCCCCCCC2)cc([N+](=O)[O-])c1O. The van der Waals surface area contributed by atoms with Crippen molar-refractivity contribution in [3.63, 3.8) is 0 Å². The minimum atomic E-state index is -3.42.